The van der Waals surface area contributed by atoms with Gasteiger partial charge in [0.25, 0.3) is 5.91 Å². The standard InChI is InChI=1S/C19H15BrF3N5O2/c1-11-17(18(30)25-15-4-2-3-12(9-15)19(21,22)23)26-27-28(11)10-16(29)24-14-7-5-13(20)6-8-14/h2-9H,10H2,1H3,(H,24,29)(H,25,30). The molecule has 0 spiro atoms. The first-order chi connectivity index (χ1) is 14.1. The van der Waals surface area contributed by atoms with E-state index in [1.165, 1.54) is 23.7 Å². The predicted molar refractivity (Wildman–Crippen MR) is 107 cm³/mol. The lowest BCUT2D eigenvalue weighted by atomic mass is 10.2. The lowest BCUT2D eigenvalue weighted by Crippen LogP contribution is -2.21. The number of hydrogen-bond donors (Lipinski definition) is 2. The summed E-state index contributed by atoms with van der Waals surface area (Å²) in [4.78, 5) is 24.6. The largest absolute Gasteiger partial charge is 0.416 e. The van der Waals surface area contributed by atoms with Crippen molar-refractivity contribution in [3.63, 3.8) is 0 Å². The van der Waals surface area contributed by atoms with Crippen LogP contribution < -0.4 is 10.6 Å². The van der Waals surface area contributed by atoms with Crippen LogP contribution in [-0.4, -0.2) is 26.8 Å². The van der Waals surface area contributed by atoms with Gasteiger partial charge >= 0.3 is 6.18 Å². The van der Waals surface area contributed by atoms with Crippen LogP contribution in [0.4, 0.5) is 24.5 Å². The summed E-state index contributed by atoms with van der Waals surface area (Å²) in [6.45, 7) is 1.35. The van der Waals surface area contributed by atoms with E-state index in [1.807, 2.05) is 0 Å². The van der Waals surface area contributed by atoms with Gasteiger partial charge in [0.2, 0.25) is 5.91 Å². The van der Waals surface area contributed by atoms with E-state index < -0.39 is 17.6 Å². The Kier molecular flexibility index (Phi) is 6.20. The van der Waals surface area contributed by atoms with E-state index in [-0.39, 0.29) is 23.8 Å². The third-order valence-electron chi connectivity index (χ3n) is 4.07. The van der Waals surface area contributed by atoms with Gasteiger partial charge in [0, 0.05) is 15.8 Å². The minimum Gasteiger partial charge on any atom is -0.324 e. The van der Waals surface area contributed by atoms with Gasteiger partial charge in [0.15, 0.2) is 5.69 Å². The molecule has 0 bridgehead atoms. The summed E-state index contributed by atoms with van der Waals surface area (Å²) >= 11 is 3.30. The molecule has 11 heteroatoms. The lowest BCUT2D eigenvalue weighted by Gasteiger charge is -2.09. The molecule has 0 radical (unpaired) electrons. The van der Waals surface area contributed by atoms with E-state index in [9.17, 15) is 22.8 Å². The molecule has 0 aliphatic heterocycles. The van der Waals surface area contributed by atoms with Crippen LogP contribution in [0.3, 0.4) is 0 Å². The highest BCUT2D eigenvalue weighted by Crippen LogP contribution is 2.30. The van der Waals surface area contributed by atoms with Crippen molar-refractivity contribution in [2.45, 2.75) is 19.6 Å². The summed E-state index contributed by atoms with van der Waals surface area (Å²) in [5.74, 6) is -1.11. The van der Waals surface area contributed by atoms with Gasteiger partial charge in [-0.25, -0.2) is 4.68 Å². The van der Waals surface area contributed by atoms with E-state index >= 15 is 0 Å². The summed E-state index contributed by atoms with van der Waals surface area (Å²) in [5.41, 5.74) is -0.125. The Bertz CT molecular complexity index is 1080. The van der Waals surface area contributed by atoms with Crippen molar-refractivity contribution < 1.29 is 22.8 Å². The van der Waals surface area contributed by atoms with E-state index in [0.29, 0.717) is 11.4 Å². The Hall–Kier alpha value is -3.21. The molecule has 3 aromatic rings. The Morgan fingerprint density at radius 3 is 2.43 bits per heavy atom. The number of amides is 2. The van der Waals surface area contributed by atoms with Crippen molar-refractivity contribution >= 4 is 39.1 Å². The van der Waals surface area contributed by atoms with Crippen LogP contribution in [-0.2, 0) is 17.5 Å². The molecule has 0 unspecified atom stereocenters. The quantitative estimate of drug-likeness (QED) is 0.569. The first-order valence-electron chi connectivity index (χ1n) is 8.57. The number of alkyl halides is 3. The fourth-order valence-electron chi connectivity index (χ4n) is 2.55. The monoisotopic (exact) mass is 481 g/mol. The number of benzene rings is 2. The molecule has 1 heterocycles. The summed E-state index contributed by atoms with van der Waals surface area (Å²) in [6.07, 6.45) is -4.53. The van der Waals surface area contributed by atoms with E-state index in [1.54, 1.807) is 24.3 Å². The zero-order valence-electron chi connectivity index (χ0n) is 15.5. The van der Waals surface area contributed by atoms with Crippen LogP contribution >= 0.6 is 15.9 Å². The molecule has 7 nitrogen and oxygen atoms in total. The number of aromatic nitrogens is 3. The number of carbonyl (C=O) groups excluding carboxylic acids is 2. The minimum atomic E-state index is -4.53. The van der Waals surface area contributed by atoms with Gasteiger partial charge in [0.1, 0.15) is 6.54 Å². The van der Waals surface area contributed by atoms with Crippen molar-refractivity contribution in [3.8, 4) is 0 Å². The Morgan fingerprint density at radius 1 is 1.07 bits per heavy atom. The summed E-state index contributed by atoms with van der Waals surface area (Å²) in [6, 6.07) is 11.2. The maximum absolute atomic E-state index is 12.8. The van der Waals surface area contributed by atoms with Gasteiger partial charge in [-0.2, -0.15) is 13.2 Å². The zero-order valence-corrected chi connectivity index (χ0v) is 17.1. The van der Waals surface area contributed by atoms with Gasteiger partial charge in [0.05, 0.1) is 11.3 Å². The second-order valence-electron chi connectivity index (χ2n) is 6.27. The molecule has 0 aliphatic carbocycles. The molecule has 30 heavy (non-hydrogen) atoms. The topological polar surface area (TPSA) is 88.9 Å². The number of nitrogens with one attached hydrogen (secondary N) is 2. The van der Waals surface area contributed by atoms with E-state index in [0.717, 1.165) is 16.6 Å². The van der Waals surface area contributed by atoms with Crippen LogP contribution in [0.25, 0.3) is 0 Å². The molecule has 2 amide bonds. The molecular formula is C19H15BrF3N5O2. The summed E-state index contributed by atoms with van der Waals surface area (Å²) in [7, 11) is 0. The molecule has 156 valence electrons. The van der Waals surface area contributed by atoms with Gasteiger partial charge in [-0.05, 0) is 49.4 Å². The number of hydrogen-bond acceptors (Lipinski definition) is 4. The first kappa shape index (κ1) is 21.5. The zero-order chi connectivity index (χ0) is 21.9. The normalized spacial score (nSPS) is 11.2. The average Bonchev–Trinajstić information content (AvgIpc) is 3.03. The molecule has 1 aromatic heterocycles. The highest BCUT2D eigenvalue weighted by molar-refractivity contribution is 9.10. The second-order valence-corrected chi connectivity index (χ2v) is 7.18. The third-order valence-corrected chi connectivity index (χ3v) is 4.60. The Labute approximate surface area is 177 Å². The van der Waals surface area contributed by atoms with Gasteiger partial charge < -0.3 is 10.6 Å². The number of nitrogens with zero attached hydrogens (tertiary/aromatic N) is 3. The second kappa shape index (κ2) is 8.66. The fraction of sp³-hybridized carbons (Fsp3) is 0.158. The molecular weight excluding hydrogens is 467 g/mol. The minimum absolute atomic E-state index is 0.0308. The molecule has 0 atom stereocenters. The highest BCUT2D eigenvalue weighted by Gasteiger charge is 2.30. The van der Waals surface area contributed by atoms with Crippen molar-refractivity contribution in [2.75, 3.05) is 10.6 Å². The molecule has 2 N–H and O–H groups in total. The molecule has 0 saturated heterocycles. The summed E-state index contributed by atoms with van der Waals surface area (Å²) in [5, 5.41) is 12.6. The number of halogens is 4. The number of anilines is 2. The lowest BCUT2D eigenvalue weighted by molar-refractivity contribution is -0.137. The smallest absolute Gasteiger partial charge is 0.324 e. The van der Waals surface area contributed by atoms with Crippen LogP contribution in [0.5, 0.6) is 0 Å². The fourth-order valence-corrected chi connectivity index (χ4v) is 2.82. The van der Waals surface area contributed by atoms with Crippen molar-refractivity contribution in [1.29, 1.82) is 0 Å². The van der Waals surface area contributed by atoms with Gasteiger partial charge in [-0.3, -0.25) is 9.59 Å². The predicted octanol–water partition coefficient (Wildman–Crippen LogP) is 4.26. The van der Waals surface area contributed by atoms with Crippen molar-refractivity contribution in [2.24, 2.45) is 0 Å². The highest BCUT2D eigenvalue weighted by atomic mass is 79.9. The SMILES string of the molecule is Cc1c(C(=O)Nc2cccc(C(F)(F)F)c2)nnn1CC(=O)Nc1ccc(Br)cc1. The van der Waals surface area contributed by atoms with Crippen LogP contribution in [0.1, 0.15) is 21.7 Å². The van der Waals surface area contributed by atoms with Crippen LogP contribution in [0.15, 0.2) is 53.0 Å². The van der Waals surface area contributed by atoms with Crippen molar-refractivity contribution in [1.82, 2.24) is 15.0 Å². The summed E-state index contributed by atoms with van der Waals surface area (Å²) < 4.78 is 40.5. The average molecular weight is 482 g/mol. The van der Waals surface area contributed by atoms with Gasteiger partial charge in [-0.1, -0.05) is 27.2 Å². The first-order valence-corrected chi connectivity index (χ1v) is 9.37. The van der Waals surface area contributed by atoms with E-state index in [4.69, 9.17) is 0 Å². The molecule has 0 saturated carbocycles. The Morgan fingerprint density at radius 2 is 1.77 bits per heavy atom. The molecule has 0 fully saturated rings. The third kappa shape index (κ3) is 5.23. The van der Waals surface area contributed by atoms with Crippen LogP contribution in [0, 0.1) is 6.92 Å². The van der Waals surface area contributed by atoms with E-state index in [2.05, 4.69) is 36.9 Å². The Balaban J connectivity index is 1.68. The molecule has 3 rings (SSSR count). The maximum Gasteiger partial charge on any atom is 0.416 e. The number of rotatable bonds is 5. The van der Waals surface area contributed by atoms with Crippen molar-refractivity contribution in [3.05, 3.63) is 70.0 Å². The molecule has 2 aromatic carbocycles. The van der Waals surface area contributed by atoms with Crippen LogP contribution in [0.2, 0.25) is 0 Å². The maximum atomic E-state index is 12.8. The number of carbonyl (C=O) groups is 2. The van der Waals surface area contributed by atoms with Gasteiger partial charge in [-0.15, -0.1) is 5.10 Å². The molecule has 0 aliphatic rings.